The van der Waals surface area contributed by atoms with E-state index in [1.165, 1.54) is 38.8 Å². The normalized spacial score (nSPS) is 20.7. The summed E-state index contributed by atoms with van der Waals surface area (Å²) >= 11 is 0. The first-order valence-corrected chi connectivity index (χ1v) is 8.93. The van der Waals surface area contributed by atoms with E-state index in [1.54, 1.807) is 0 Å². The van der Waals surface area contributed by atoms with Gasteiger partial charge in [0.25, 0.3) is 0 Å². The summed E-state index contributed by atoms with van der Waals surface area (Å²) < 4.78 is 0. The fourth-order valence-electron chi connectivity index (χ4n) is 2.81. The summed E-state index contributed by atoms with van der Waals surface area (Å²) in [5.74, 6) is 0.920. The van der Waals surface area contributed by atoms with Gasteiger partial charge in [-0.15, -0.1) is 0 Å². The minimum atomic E-state index is 0.586. The fraction of sp³-hybridized carbons (Fsp3) is 0.941. The Kier molecular flexibility index (Phi) is 9.48. The highest BCUT2D eigenvalue weighted by Crippen LogP contribution is 2.15. The molecule has 0 saturated carbocycles. The quantitative estimate of drug-likeness (QED) is 0.407. The predicted molar refractivity (Wildman–Crippen MR) is 96.6 cm³/mol. The molecule has 1 unspecified atom stereocenters. The van der Waals surface area contributed by atoms with E-state index in [0.29, 0.717) is 6.04 Å². The van der Waals surface area contributed by atoms with Crippen molar-refractivity contribution >= 4 is 5.96 Å². The second-order valence-corrected chi connectivity index (χ2v) is 6.73. The van der Waals surface area contributed by atoms with E-state index in [9.17, 15) is 0 Å². The van der Waals surface area contributed by atoms with Crippen molar-refractivity contribution in [3.63, 3.8) is 0 Å². The average Bonchev–Trinajstić information content (AvgIpc) is 2.50. The van der Waals surface area contributed by atoms with Gasteiger partial charge in [0.15, 0.2) is 5.96 Å². The van der Waals surface area contributed by atoms with Gasteiger partial charge in [-0.05, 0) is 53.6 Å². The van der Waals surface area contributed by atoms with Crippen LogP contribution in [0.25, 0.3) is 0 Å². The maximum absolute atomic E-state index is 4.29. The van der Waals surface area contributed by atoms with Crippen LogP contribution < -0.4 is 10.6 Å². The Labute approximate surface area is 137 Å². The van der Waals surface area contributed by atoms with Crippen molar-refractivity contribution in [2.45, 2.75) is 58.5 Å². The van der Waals surface area contributed by atoms with Crippen LogP contribution in [0.2, 0.25) is 0 Å². The predicted octanol–water partition coefficient (Wildman–Crippen LogP) is 1.76. The van der Waals surface area contributed by atoms with Gasteiger partial charge in [-0.2, -0.15) is 0 Å². The Bertz CT molecular complexity index is 316. The summed E-state index contributed by atoms with van der Waals surface area (Å²) in [6.45, 7) is 12.2. The lowest BCUT2D eigenvalue weighted by Crippen LogP contribution is -2.43. The fourth-order valence-corrected chi connectivity index (χ4v) is 2.81. The molecule has 0 amide bonds. The number of rotatable bonds is 8. The van der Waals surface area contributed by atoms with Gasteiger partial charge in [-0.1, -0.05) is 6.42 Å². The molecule has 0 aromatic rings. The van der Waals surface area contributed by atoms with Crippen LogP contribution in [0.1, 0.15) is 46.5 Å². The number of guanidine groups is 1. The summed E-state index contributed by atoms with van der Waals surface area (Å²) in [7, 11) is 4.00. The van der Waals surface area contributed by atoms with Crippen molar-refractivity contribution < 1.29 is 0 Å². The number of likely N-dealkylation sites (tertiary alicyclic amines) is 1. The first-order chi connectivity index (χ1) is 10.5. The van der Waals surface area contributed by atoms with Crippen LogP contribution in [0, 0.1) is 0 Å². The van der Waals surface area contributed by atoms with E-state index in [4.69, 9.17) is 0 Å². The molecule has 5 nitrogen and oxygen atoms in total. The molecule has 1 fully saturated rings. The summed E-state index contributed by atoms with van der Waals surface area (Å²) in [5.41, 5.74) is 0. The molecule has 5 heteroatoms. The van der Waals surface area contributed by atoms with Gasteiger partial charge in [-0.25, -0.2) is 0 Å². The zero-order valence-electron chi connectivity index (χ0n) is 15.4. The lowest BCUT2D eigenvalue weighted by atomic mass is 10.0. The Hall–Kier alpha value is -0.810. The summed E-state index contributed by atoms with van der Waals surface area (Å²) in [4.78, 5) is 9.25. The topological polar surface area (TPSA) is 42.9 Å². The molecule has 0 radical (unpaired) electrons. The first kappa shape index (κ1) is 19.2. The van der Waals surface area contributed by atoms with Crippen LogP contribution in [0.5, 0.6) is 0 Å². The van der Waals surface area contributed by atoms with Crippen molar-refractivity contribution in [3.05, 3.63) is 0 Å². The minimum absolute atomic E-state index is 0.586. The van der Waals surface area contributed by atoms with E-state index in [2.05, 4.69) is 53.2 Å². The smallest absolute Gasteiger partial charge is 0.191 e. The molecule has 0 aliphatic carbocycles. The van der Waals surface area contributed by atoms with Gasteiger partial charge in [0.05, 0.1) is 0 Å². The van der Waals surface area contributed by atoms with Gasteiger partial charge in [0.1, 0.15) is 0 Å². The minimum Gasteiger partial charge on any atom is -0.356 e. The highest BCUT2D eigenvalue weighted by Gasteiger charge is 2.17. The van der Waals surface area contributed by atoms with Crippen LogP contribution in [-0.2, 0) is 0 Å². The third-order valence-corrected chi connectivity index (χ3v) is 4.72. The van der Waals surface area contributed by atoms with Crippen molar-refractivity contribution in [1.29, 1.82) is 0 Å². The van der Waals surface area contributed by atoms with Gasteiger partial charge < -0.3 is 20.4 Å². The number of piperidine rings is 1. The zero-order chi connectivity index (χ0) is 16.4. The van der Waals surface area contributed by atoms with Crippen LogP contribution in [0.4, 0.5) is 0 Å². The first-order valence-electron chi connectivity index (χ1n) is 8.93. The van der Waals surface area contributed by atoms with Crippen molar-refractivity contribution in [1.82, 2.24) is 20.4 Å². The average molecular weight is 312 g/mol. The second-order valence-electron chi connectivity index (χ2n) is 6.73. The number of hydrogen-bond donors (Lipinski definition) is 2. The van der Waals surface area contributed by atoms with Crippen LogP contribution in [0.3, 0.4) is 0 Å². The molecule has 0 aromatic carbocycles. The Balaban J connectivity index is 2.11. The molecule has 1 aliphatic rings. The molecule has 1 saturated heterocycles. The van der Waals surface area contributed by atoms with Gasteiger partial charge in [0, 0.05) is 45.3 Å². The maximum atomic E-state index is 4.29. The van der Waals surface area contributed by atoms with E-state index < -0.39 is 0 Å². The van der Waals surface area contributed by atoms with Crippen LogP contribution >= 0.6 is 0 Å². The molecule has 1 rings (SSSR count). The van der Waals surface area contributed by atoms with E-state index in [0.717, 1.165) is 31.6 Å². The molecule has 0 bridgehead atoms. The van der Waals surface area contributed by atoms with Gasteiger partial charge >= 0.3 is 0 Å². The number of aliphatic imine (C=N–C) groups is 1. The zero-order valence-corrected chi connectivity index (χ0v) is 15.4. The van der Waals surface area contributed by atoms with Gasteiger partial charge in [0.2, 0.25) is 0 Å². The van der Waals surface area contributed by atoms with Crippen molar-refractivity contribution in [2.75, 3.05) is 46.8 Å². The Morgan fingerprint density at radius 2 is 2.00 bits per heavy atom. The third kappa shape index (κ3) is 7.45. The Morgan fingerprint density at radius 3 is 2.64 bits per heavy atom. The van der Waals surface area contributed by atoms with Crippen LogP contribution in [-0.4, -0.2) is 74.7 Å². The molecule has 1 heterocycles. The molecule has 1 aliphatic heterocycles. The van der Waals surface area contributed by atoms with Crippen LogP contribution in [0.15, 0.2) is 4.99 Å². The Morgan fingerprint density at radius 1 is 1.27 bits per heavy atom. The summed E-state index contributed by atoms with van der Waals surface area (Å²) in [6.07, 6.45) is 5.30. The number of nitrogens with one attached hydrogen (secondary N) is 2. The number of nitrogens with zero attached hydrogens (tertiary/aromatic N) is 3. The van der Waals surface area contributed by atoms with Crippen molar-refractivity contribution in [3.8, 4) is 0 Å². The van der Waals surface area contributed by atoms with E-state index in [-0.39, 0.29) is 0 Å². The maximum Gasteiger partial charge on any atom is 0.191 e. The summed E-state index contributed by atoms with van der Waals surface area (Å²) in [5, 5.41) is 6.81. The van der Waals surface area contributed by atoms with E-state index in [1.807, 2.05) is 7.05 Å². The molecular formula is C17H37N5. The molecule has 0 aromatic heterocycles. The van der Waals surface area contributed by atoms with Crippen molar-refractivity contribution in [2.24, 2.45) is 4.99 Å². The number of likely N-dealkylation sites (N-methyl/N-ethyl adjacent to an activating group) is 1. The molecule has 22 heavy (non-hydrogen) atoms. The molecule has 1 atom stereocenters. The third-order valence-electron chi connectivity index (χ3n) is 4.72. The second kappa shape index (κ2) is 10.8. The highest BCUT2D eigenvalue weighted by molar-refractivity contribution is 5.79. The standard InChI is InChI=1S/C17H37N5/c1-15(2)21(5)14-11-20-17(18-4)19-10-8-13-22-12-7-6-9-16(22)3/h15-16H,6-14H2,1-5H3,(H2,18,19,20). The molecule has 2 N–H and O–H groups in total. The highest BCUT2D eigenvalue weighted by atomic mass is 15.2. The molecular weight excluding hydrogens is 274 g/mol. The molecule has 130 valence electrons. The number of hydrogen-bond acceptors (Lipinski definition) is 3. The lowest BCUT2D eigenvalue weighted by Gasteiger charge is -2.33. The largest absolute Gasteiger partial charge is 0.356 e. The lowest BCUT2D eigenvalue weighted by molar-refractivity contribution is 0.159. The monoisotopic (exact) mass is 311 g/mol. The molecule has 0 spiro atoms. The SMILES string of the molecule is CN=C(NCCCN1CCCCC1C)NCCN(C)C(C)C. The van der Waals surface area contributed by atoms with E-state index >= 15 is 0 Å². The summed E-state index contributed by atoms with van der Waals surface area (Å²) in [6, 6.07) is 1.35. The van der Waals surface area contributed by atoms with Gasteiger partial charge in [-0.3, -0.25) is 4.99 Å².